The second-order valence-electron chi connectivity index (χ2n) is 8.08. The smallest absolute Gasteiger partial charge is 0.143 e. The van der Waals surface area contributed by atoms with Gasteiger partial charge in [0.05, 0.1) is 0 Å². The van der Waals surface area contributed by atoms with Gasteiger partial charge in [-0.05, 0) is 66.5 Å². The summed E-state index contributed by atoms with van der Waals surface area (Å²) in [5.41, 5.74) is 4.28. The molecule has 0 radical (unpaired) electrons. The molecular formula is C24H29ClN2O2. The van der Waals surface area contributed by atoms with Gasteiger partial charge in [-0.1, -0.05) is 62.9 Å². The first-order valence-electron chi connectivity index (χ1n) is 10.3. The van der Waals surface area contributed by atoms with E-state index in [2.05, 4.69) is 37.1 Å². The van der Waals surface area contributed by atoms with Crippen molar-refractivity contribution in [2.24, 2.45) is 22.1 Å². The van der Waals surface area contributed by atoms with Gasteiger partial charge >= 0.3 is 0 Å². The third-order valence-corrected chi connectivity index (χ3v) is 5.90. The molecule has 2 aromatic carbocycles. The minimum Gasteiger partial charge on any atom is -0.506 e. The van der Waals surface area contributed by atoms with E-state index >= 15 is 0 Å². The average Bonchev–Trinajstić information content (AvgIpc) is 2.69. The second-order valence-corrected chi connectivity index (χ2v) is 8.52. The lowest BCUT2D eigenvalue weighted by Gasteiger charge is -2.24. The maximum Gasteiger partial charge on any atom is 0.143 e. The molecule has 0 saturated heterocycles. The second kappa shape index (κ2) is 9.45. The highest BCUT2D eigenvalue weighted by Crippen LogP contribution is 2.41. The zero-order chi connectivity index (χ0) is 21.0. The van der Waals surface area contributed by atoms with Crippen LogP contribution in [0.25, 0.3) is 6.08 Å². The quantitative estimate of drug-likeness (QED) is 0.453. The summed E-state index contributed by atoms with van der Waals surface area (Å²) in [5.74, 6) is 1.37. The number of halogens is 1. The van der Waals surface area contributed by atoms with Crippen molar-refractivity contribution in [1.29, 1.82) is 0 Å². The number of benzene rings is 2. The highest BCUT2D eigenvalue weighted by atomic mass is 35.5. The van der Waals surface area contributed by atoms with Crippen molar-refractivity contribution < 1.29 is 10.2 Å². The summed E-state index contributed by atoms with van der Waals surface area (Å²) in [7, 11) is 0. The van der Waals surface area contributed by atoms with Gasteiger partial charge in [0, 0.05) is 5.02 Å². The Morgan fingerprint density at radius 3 is 2.55 bits per heavy atom. The Morgan fingerprint density at radius 2 is 1.79 bits per heavy atom. The Balaban J connectivity index is 1.87. The maximum atomic E-state index is 10.4. The fraction of sp³-hybridized carbons (Fsp3) is 0.417. The van der Waals surface area contributed by atoms with Gasteiger partial charge in [-0.3, -0.25) is 0 Å². The zero-order valence-corrected chi connectivity index (χ0v) is 18.1. The molecule has 0 spiro atoms. The van der Waals surface area contributed by atoms with E-state index < -0.39 is 0 Å². The summed E-state index contributed by atoms with van der Waals surface area (Å²) in [6.45, 7) is 6.88. The van der Waals surface area contributed by atoms with Gasteiger partial charge in [0.2, 0.25) is 0 Å². The first-order chi connectivity index (χ1) is 13.9. The molecule has 2 unspecified atom stereocenters. The predicted octanol–water partition coefficient (Wildman–Crippen LogP) is 7.96. The van der Waals surface area contributed by atoms with Gasteiger partial charge in [0.25, 0.3) is 0 Å². The van der Waals surface area contributed by atoms with Crippen LogP contribution < -0.4 is 0 Å². The van der Waals surface area contributed by atoms with Crippen LogP contribution in [0.5, 0.6) is 11.5 Å². The van der Waals surface area contributed by atoms with Crippen LogP contribution in [0.3, 0.4) is 0 Å². The topological polar surface area (TPSA) is 65.2 Å². The average molecular weight is 413 g/mol. The van der Waals surface area contributed by atoms with Gasteiger partial charge in [-0.15, -0.1) is 10.2 Å². The summed E-state index contributed by atoms with van der Waals surface area (Å²) in [6.07, 6.45) is 7.72. The number of azo groups is 1. The molecule has 2 aromatic rings. The number of hydrogen-bond donors (Lipinski definition) is 2. The van der Waals surface area contributed by atoms with Gasteiger partial charge in [-0.2, -0.15) is 0 Å². The molecule has 4 nitrogen and oxygen atoms in total. The van der Waals surface area contributed by atoms with Gasteiger partial charge < -0.3 is 10.2 Å². The first-order valence-corrected chi connectivity index (χ1v) is 10.7. The standard InChI is InChI=1S/C24H29ClN2O2/c1-4-5-15(2)12-16(3)17-6-9-20-18(13-17)7-10-23(29)24(20)27-26-21-14-19(25)8-11-22(21)28/h7-8,10-11,13-16,28-29H,4-6,9,12H2,1-3H3. The van der Waals surface area contributed by atoms with Crippen LogP contribution in [0.15, 0.2) is 46.1 Å². The van der Waals surface area contributed by atoms with Crippen LogP contribution in [-0.4, -0.2) is 10.2 Å². The molecule has 0 amide bonds. The van der Waals surface area contributed by atoms with Crippen molar-refractivity contribution in [3.63, 3.8) is 0 Å². The predicted molar refractivity (Wildman–Crippen MR) is 120 cm³/mol. The van der Waals surface area contributed by atoms with Crippen LogP contribution in [0.1, 0.15) is 57.6 Å². The third kappa shape index (κ3) is 5.18. The Morgan fingerprint density at radius 1 is 1.03 bits per heavy atom. The van der Waals surface area contributed by atoms with Crippen LogP contribution >= 0.6 is 11.6 Å². The summed E-state index contributed by atoms with van der Waals surface area (Å²) in [4.78, 5) is 0. The van der Waals surface area contributed by atoms with Crippen molar-refractivity contribution in [1.82, 2.24) is 0 Å². The number of allylic oxidation sites excluding steroid dienone is 1. The molecular weight excluding hydrogens is 384 g/mol. The molecule has 5 heteroatoms. The molecule has 0 aliphatic heterocycles. The van der Waals surface area contributed by atoms with Crippen molar-refractivity contribution in [3.05, 3.63) is 52.1 Å². The monoisotopic (exact) mass is 412 g/mol. The van der Waals surface area contributed by atoms with E-state index in [1.54, 1.807) is 18.2 Å². The molecule has 1 aliphatic carbocycles. The van der Waals surface area contributed by atoms with Crippen molar-refractivity contribution in [2.75, 3.05) is 0 Å². The Bertz CT molecular complexity index is 937. The number of hydrogen-bond acceptors (Lipinski definition) is 4. The number of rotatable bonds is 7. The Kier molecular flexibility index (Phi) is 6.96. The molecule has 0 fully saturated rings. The number of aromatic hydroxyl groups is 2. The Hall–Kier alpha value is -2.33. The van der Waals surface area contributed by atoms with Gasteiger partial charge in [-0.25, -0.2) is 0 Å². The number of phenolic OH excluding ortho intramolecular Hbond substituents is 2. The minimum absolute atomic E-state index is 0.000329. The van der Waals surface area contributed by atoms with Crippen molar-refractivity contribution >= 4 is 29.1 Å². The summed E-state index contributed by atoms with van der Waals surface area (Å²) in [5, 5.41) is 29.2. The Labute approximate surface area is 178 Å². The summed E-state index contributed by atoms with van der Waals surface area (Å²) >= 11 is 5.98. The lowest BCUT2D eigenvalue weighted by Crippen LogP contribution is -2.10. The summed E-state index contributed by atoms with van der Waals surface area (Å²) < 4.78 is 0. The van der Waals surface area contributed by atoms with E-state index in [0.717, 1.165) is 29.9 Å². The molecule has 2 atom stereocenters. The lowest BCUT2D eigenvalue weighted by atomic mass is 9.81. The maximum absolute atomic E-state index is 10.4. The molecule has 0 aromatic heterocycles. The molecule has 154 valence electrons. The highest BCUT2D eigenvalue weighted by molar-refractivity contribution is 6.30. The van der Waals surface area contributed by atoms with Crippen molar-refractivity contribution in [2.45, 2.75) is 52.9 Å². The molecule has 0 bridgehead atoms. The first kappa shape index (κ1) is 21.4. The molecule has 0 heterocycles. The van der Waals surface area contributed by atoms with E-state index in [9.17, 15) is 10.2 Å². The molecule has 29 heavy (non-hydrogen) atoms. The number of fused-ring (bicyclic) bond motifs is 1. The van der Waals surface area contributed by atoms with Crippen molar-refractivity contribution in [3.8, 4) is 11.5 Å². The zero-order valence-electron chi connectivity index (χ0n) is 17.3. The van der Waals surface area contributed by atoms with Crippen LogP contribution in [0, 0.1) is 11.8 Å². The minimum atomic E-state index is -0.000329. The van der Waals surface area contributed by atoms with E-state index in [1.165, 1.54) is 30.9 Å². The molecule has 1 aliphatic rings. The molecule has 2 N–H and O–H groups in total. The fourth-order valence-electron chi connectivity index (χ4n) is 4.13. The number of nitrogens with zero attached hydrogens (tertiary/aromatic N) is 2. The third-order valence-electron chi connectivity index (χ3n) is 5.67. The van der Waals surface area contributed by atoms with E-state index in [-0.39, 0.29) is 17.2 Å². The normalized spacial score (nSPS) is 15.8. The van der Waals surface area contributed by atoms with Crippen LogP contribution in [0.4, 0.5) is 11.4 Å². The molecule has 3 rings (SSSR count). The number of phenols is 2. The lowest BCUT2D eigenvalue weighted by molar-refractivity contribution is 0.418. The van der Waals surface area contributed by atoms with E-state index in [4.69, 9.17) is 11.6 Å². The van der Waals surface area contributed by atoms with E-state index in [1.807, 2.05) is 6.07 Å². The van der Waals surface area contributed by atoms with Crippen LogP contribution in [-0.2, 0) is 6.42 Å². The van der Waals surface area contributed by atoms with Crippen LogP contribution in [0.2, 0.25) is 5.02 Å². The highest BCUT2D eigenvalue weighted by Gasteiger charge is 2.21. The van der Waals surface area contributed by atoms with E-state index in [0.29, 0.717) is 16.6 Å². The fourth-order valence-corrected chi connectivity index (χ4v) is 4.29. The van der Waals surface area contributed by atoms with Gasteiger partial charge in [0.1, 0.15) is 22.9 Å². The van der Waals surface area contributed by atoms with Gasteiger partial charge in [0.15, 0.2) is 0 Å². The SMILES string of the molecule is CCCC(C)CC(C)C1=Cc2ccc(O)c(N=Nc3cc(Cl)ccc3O)c2CC1. The largest absolute Gasteiger partial charge is 0.506 e. The molecule has 0 saturated carbocycles. The summed E-state index contributed by atoms with van der Waals surface area (Å²) in [6, 6.07) is 8.22.